The molecular formula is C21H17ClN2S2. The van der Waals surface area contributed by atoms with Gasteiger partial charge in [0, 0.05) is 21.7 Å². The van der Waals surface area contributed by atoms with Gasteiger partial charge in [-0.3, -0.25) is 0 Å². The van der Waals surface area contributed by atoms with E-state index in [4.69, 9.17) is 11.6 Å². The number of aryl methyl sites for hydroxylation is 2. The highest BCUT2D eigenvalue weighted by Gasteiger charge is 2.13. The summed E-state index contributed by atoms with van der Waals surface area (Å²) >= 11 is 9.46. The lowest BCUT2D eigenvalue weighted by Gasteiger charge is -2.07. The van der Waals surface area contributed by atoms with Crippen LogP contribution in [-0.2, 0) is 5.75 Å². The Morgan fingerprint density at radius 2 is 1.81 bits per heavy atom. The lowest BCUT2D eigenvalue weighted by molar-refractivity contribution is 1.11. The Labute approximate surface area is 166 Å². The maximum Gasteiger partial charge on any atom is 0.128 e. The average molecular weight is 397 g/mol. The molecule has 2 aromatic carbocycles. The number of benzene rings is 2. The number of hydrogen-bond donors (Lipinski definition) is 0. The summed E-state index contributed by atoms with van der Waals surface area (Å²) in [7, 11) is 0. The van der Waals surface area contributed by atoms with Crippen LogP contribution in [0.25, 0.3) is 21.3 Å². The number of hydrogen-bond acceptors (Lipinski definition) is 4. The molecule has 0 unspecified atom stereocenters. The molecule has 26 heavy (non-hydrogen) atoms. The Hall–Kier alpha value is -1.88. The van der Waals surface area contributed by atoms with Gasteiger partial charge in [0.2, 0.25) is 0 Å². The highest BCUT2D eigenvalue weighted by molar-refractivity contribution is 7.98. The molecule has 0 aliphatic carbocycles. The first-order chi connectivity index (χ1) is 12.6. The summed E-state index contributed by atoms with van der Waals surface area (Å²) in [4.78, 5) is 10.0. The van der Waals surface area contributed by atoms with Crippen LogP contribution in [0.15, 0.2) is 59.2 Å². The third-order valence-electron chi connectivity index (χ3n) is 4.44. The molecule has 0 radical (unpaired) electrons. The van der Waals surface area contributed by atoms with Crippen molar-refractivity contribution in [1.82, 2.24) is 9.97 Å². The highest BCUT2D eigenvalue weighted by Crippen LogP contribution is 2.39. The Balaban J connectivity index is 1.69. The van der Waals surface area contributed by atoms with E-state index in [1.165, 1.54) is 22.3 Å². The molecule has 0 aliphatic rings. The number of halogens is 1. The van der Waals surface area contributed by atoms with Crippen LogP contribution in [0.2, 0.25) is 5.02 Å². The van der Waals surface area contributed by atoms with E-state index in [-0.39, 0.29) is 0 Å². The van der Waals surface area contributed by atoms with Gasteiger partial charge in [0.25, 0.3) is 0 Å². The van der Waals surface area contributed by atoms with Crippen molar-refractivity contribution in [3.8, 4) is 11.1 Å². The van der Waals surface area contributed by atoms with Crippen molar-refractivity contribution in [2.24, 2.45) is 0 Å². The average Bonchev–Trinajstić information content (AvgIpc) is 3.08. The molecule has 0 bridgehead atoms. The van der Waals surface area contributed by atoms with Crippen LogP contribution in [0.3, 0.4) is 0 Å². The number of fused-ring (bicyclic) bond motifs is 1. The van der Waals surface area contributed by atoms with E-state index in [0.29, 0.717) is 0 Å². The zero-order valence-electron chi connectivity index (χ0n) is 14.5. The largest absolute Gasteiger partial charge is 0.229 e. The third-order valence-corrected chi connectivity index (χ3v) is 6.64. The summed E-state index contributed by atoms with van der Waals surface area (Å²) in [5.74, 6) is 0.892. The fraction of sp³-hybridized carbons (Fsp3) is 0.143. The molecule has 130 valence electrons. The van der Waals surface area contributed by atoms with Crippen LogP contribution in [0, 0.1) is 13.8 Å². The second-order valence-corrected chi connectivity index (χ2v) is 8.48. The predicted octanol–water partition coefficient (Wildman–Crippen LogP) is 6.92. The van der Waals surface area contributed by atoms with Crippen molar-refractivity contribution in [3.05, 3.63) is 75.9 Å². The molecule has 2 heterocycles. The minimum atomic E-state index is 0.744. The van der Waals surface area contributed by atoms with Gasteiger partial charge in [-0.1, -0.05) is 41.9 Å². The molecule has 0 aliphatic heterocycles. The summed E-state index contributed by atoms with van der Waals surface area (Å²) in [6.07, 6.45) is 1.66. The molecule has 4 aromatic rings. The maximum absolute atomic E-state index is 6.04. The van der Waals surface area contributed by atoms with Crippen molar-refractivity contribution in [1.29, 1.82) is 0 Å². The van der Waals surface area contributed by atoms with Crippen LogP contribution in [0.4, 0.5) is 0 Å². The van der Waals surface area contributed by atoms with E-state index in [1.54, 1.807) is 29.4 Å². The quantitative estimate of drug-likeness (QED) is 0.276. The number of thioether (sulfide) groups is 1. The second-order valence-electron chi connectivity index (χ2n) is 6.22. The van der Waals surface area contributed by atoms with Crippen molar-refractivity contribution in [3.63, 3.8) is 0 Å². The first-order valence-electron chi connectivity index (χ1n) is 8.29. The third kappa shape index (κ3) is 3.50. The van der Waals surface area contributed by atoms with Gasteiger partial charge >= 0.3 is 0 Å². The second kappa shape index (κ2) is 7.39. The van der Waals surface area contributed by atoms with Crippen LogP contribution in [0.5, 0.6) is 0 Å². The van der Waals surface area contributed by atoms with E-state index >= 15 is 0 Å². The summed E-state index contributed by atoms with van der Waals surface area (Å²) < 4.78 is 0. The molecule has 0 N–H and O–H groups in total. The Morgan fingerprint density at radius 1 is 1.00 bits per heavy atom. The normalized spacial score (nSPS) is 11.2. The van der Waals surface area contributed by atoms with Crippen molar-refractivity contribution >= 4 is 44.9 Å². The van der Waals surface area contributed by atoms with Crippen LogP contribution in [-0.4, -0.2) is 9.97 Å². The first-order valence-corrected chi connectivity index (χ1v) is 10.5. The Morgan fingerprint density at radius 3 is 2.58 bits per heavy atom. The predicted molar refractivity (Wildman–Crippen MR) is 113 cm³/mol. The van der Waals surface area contributed by atoms with Gasteiger partial charge in [-0.2, -0.15) is 0 Å². The van der Waals surface area contributed by atoms with Gasteiger partial charge in [0.05, 0.1) is 5.39 Å². The summed E-state index contributed by atoms with van der Waals surface area (Å²) in [5, 5.41) is 5.06. The van der Waals surface area contributed by atoms with Gasteiger partial charge in [0.15, 0.2) is 0 Å². The van der Waals surface area contributed by atoms with Gasteiger partial charge in [-0.25, -0.2) is 9.97 Å². The SMILES string of the molecule is Cc1ccc(CSc2ncnc3scc(-c4ccc(Cl)cc4)c23)cc1C. The van der Waals surface area contributed by atoms with Crippen molar-refractivity contribution < 1.29 is 0 Å². The molecule has 0 atom stereocenters. The Kier molecular flexibility index (Phi) is 4.98. The minimum absolute atomic E-state index is 0.744. The minimum Gasteiger partial charge on any atom is -0.229 e. The van der Waals surface area contributed by atoms with E-state index in [1.807, 2.05) is 12.1 Å². The van der Waals surface area contributed by atoms with Gasteiger partial charge < -0.3 is 0 Å². The molecule has 4 rings (SSSR count). The number of thiophene rings is 1. The molecule has 2 nitrogen and oxygen atoms in total. The van der Waals surface area contributed by atoms with Crippen LogP contribution in [0.1, 0.15) is 16.7 Å². The topological polar surface area (TPSA) is 25.8 Å². The zero-order chi connectivity index (χ0) is 18.1. The smallest absolute Gasteiger partial charge is 0.128 e. The van der Waals surface area contributed by atoms with Crippen LogP contribution >= 0.6 is 34.7 Å². The summed E-state index contributed by atoms with van der Waals surface area (Å²) in [6.45, 7) is 4.30. The molecule has 0 saturated heterocycles. The molecule has 0 spiro atoms. The maximum atomic E-state index is 6.04. The fourth-order valence-electron chi connectivity index (χ4n) is 2.84. The van der Waals surface area contributed by atoms with Crippen molar-refractivity contribution in [2.45, 2.75) is 24.6 Å². The number of rotatable bonds is 4. The highest BCUT2D eigenvalue weighted by atomic mass is 35.5. The van der Waals surface area contributed by atoms with E-state index in [9.17, 15) is 0 Å². The monoisotopic (exact) mass is 396 g/mol. The molecule has 5 heteroatoms. The van der Waals surface area contributed by atoms with Gasteiger partial charge in [0.1, 0.15) is 16.2 Å². The van der Waals surface area contributed by atoms with Gasteiger partial charge in [-0.05, 0) is 48.2 Å². The zero-order valence-corrected chi connectivity index (χ0v) is 16.9. The van der Waals surface area contributed by atoms with E-state index < -0.39 is 0 Å². The van der Waals surface area contributed by atoms with E-state index in [0.717, 1.165) is 31.6 Å². The fourth-order valence-corrected chi connectivity index (χ4v) is 4.91. The number of nitrogens with zero attached hydrogens (tertiary/aromatic N) is 2. The molecular weight excluding hydrogens is 380 g/mol. The number of aromatic nitrogens is 2. The molecule has 0 fully saturated rings. The summed E-state index contributed by atoms with van der Waals surface area (Å²) in [5.41, 5.74) is 6.28. The Bertz CT molecular complexity index is 1070. The lowest BCUT2D eigenvalue weighted by Crippen LogP contribution is -1.89. The van der Waals surface area contributed by atoms with Gasteiger partial charge in [-0.15, -0.1) is 23.1 Å². The van der Waals surface area contributed by atoms with Crippen molar-refractivity contribution in [2.75, 3.05) is 0 Å². The summed E-state index contributed by atoms with van der Waals surface area (Å²) in [6, 6.07) is 14.6. The lowest BCUT2D eigenvalue weighted by atomic mass is 10.1. The molecule has 2 aromatic heterocycles. The standard InChI is InChI=1S/C21H17ClN2S2/c1-13-3-4-15(9-14(13)2)10-25-20-19-18(11-26-21(19)24-12-23-20)16-5-7-17(22)8-6-16/h3-9,11-12H,10H2,1-2H3. The van der Waals surface area contributed by atoms with E-state index in [2.05, 4.69) is 59.5 Å². The van der Waals surface area contributed by atoms with Crippen LogP contribution < -0.4 is 0 Å². The molecule has 0 amide bonds. The molecule has 0 saturated carbocycles. The first kappa shape index (κ1) is 17.5.